The van der Waals surface area contributed by atoms with Gasteiger partial charge in [0, 0.05) is 0 Å². The molecule has 0 aromatic rings. The summed E-state index contributed by atoms with van der Waals surface area (Å²) in [5.41, 5.74) is 5.44. The second kappa shape index (κ2) is 17.2. The standard InChI is InChI=1S/2C8H11.2C2H5.H2Si.Ti/c2*1-6-4-7(2)8(3)5-6;2*1-2;;/h2*4,8H,1-3H3;2*1H2,2H3;1H2;/q4*-1;;. The average Bonchev–Trinajstić information content (AvgIpc) is 2.97. The van der Waals surface area contributed by atoms with Gasteiger partial charge in [-0.25, -0.2) is 23.3 Å². The van der Waals surface area contributed by atoms with Gasteiger partial charge in [-0.05, 0) is 0 Å². The predicted octanol–water partition coefficient (Wildman–Crippen LogP) is 5.43. The van der Waals surface area contributed by atoms with Gasteiger partial charge in [0.2, 0.25) is 0 Å². The SMILES string of the molecule is CC1=[C-]C(C)C(C)=C1.CC1=[C-]C(C)C(C)=C1.[CH2-]C.[CH2-]C.[SiH2]=[Ti]. The quantitative estimate of drug-likeness (QED) is 0.404. The van der Waals surface area contributed by atoms with Crippen molar-refractivity contribution in [2.24, 2.45) is 11.8 Å². The van der Waals surface area contributed by atoms with E-state index in [0.29, 0.717) is 11.8 Å². The van der Waals surface area contributed by atoms with E-state index < -0.39 is 0 Å². The van der Waals surface area contributed by atoms with E-state index in [2.05, 4.69) is 79.7 Å². The molecule has 0 radical (unpaired) electrons. The number of hydrogen-bond acceptors (Lipinski definition) is 0. The summed E-state index contributed by atoms with van der Waals surface area (Å²) in [6.45, 7) is 22.8. The Morgan fingerprint density at radius 1 is 0.773 bits per heavy atom. The molecular formula is C20H34SiTi-4. The Balaban J connectivity index is -0.000000246. The Morgan fingerprint density at radius 2 is 1.00 bits per heavy atom. The number of hydrogen-bond donors (Lipinski definition) is 0. The zero-order chi connectivity index (χ0) is 18.3. The molecule has 0 bridgehead atoms. The van der Waals surface area contributed by atoms with Crippen molar-refractivity contribution in [2.75, 3.05) is 0 Å². The first-order chi connectivity index (χ1) is 10.4. The molecule has 22 heavy (non-hydrogen) atoms. The first-order valence-electron chi connectivity index (χ1n) is 7.73. The topological polar surface area (TPSA) is 0 Å². The molecule has 126 valence electrons. The Labute approximate surface area is 154 Å². The summed E-state index contributed by atoms with van der Waals surface area (Å²) in [4.78, 5) is 0. The van der Waals surface area contributed by atoms with Crippen molar-refractivity contribution >= 4 is 7.63 Å². The Kier molecular flexibility index (Phi) is 21.0. The van der Waals surface area contributed by atoms with E-state index in [1.165, 1.54) is 22.3 Å². The van der Waals surface area contributed by atoms with E-state index in [0.717, 1.165) is 0 Å². The summed E-state index contributed by atoms with van der Waals surface area (Å²) >= 11 is 2.03. The normalized spacial score (nSPS) is 20.8. The molecule has 2 aliphatic carbocycles. The fourth-order valence-electron chi connectivity index (χ4n) is 1.93. The van der Waals surface area contributed by atoms with Gasteiger partial charge in [0.05, 0.1) is 0 Å². The molecule has 2 unspecified atom stereocenters. The summed E-state index contributed by atoms with van der Waals surface area (Å²) in [6, 6.07) is 0. The molecule has 2 rings (SSSR count). The van der Waals surface area contributed by atoms with Crippen LogP contribution >= 0.6 is 0 Å². The summed E-state index contributed by atoms with van der Waals surface area (Å²) in [5.74, 6) is 1.13. The van der Waals surface area contributed by atoms with Crippen molar-refractivity contribution in [3.8, 4) is 0 Å². The van der Waals surface area contributed by atoms with Gasteiger partial charge in [-0.1, -0.05) is 53.4 Å². The van der Waals surface area contributed by atoms with Crippen LogP contribution in [-0.2, 0) is 19.2 Å². The van der Waals surface area contributed by atoms with Gasteiger partial charge in [-0.3, -0.25) is 12.2 Å². The van der Waals surface area contributed by atoms with E-state index in [4.69, 9.17) is 0 Å². The first kappa shape index (κ1) is 26.8. The molecule has 0 aromatic heterocycles. The van der Waals surface area contributed by atoms with Crippen molar-refractivity contribution in [2.45, 2.75) is 55.4 Å². The van der Waals surface area contributed by atoms with Crippen LogP contribution in [0.25, 0.3) is 0 Å². The third-order valence-corrected chi connectivity index (χ3v) is 3.14. The van der Waals surface area contributed by atoms with Gasteiger partial charge in [0.15, 0.2) is 0 Å². The molecule has 0 N–H and O–H groups in total. The minimum atomic E-state index is 0.565. The van der Waals surface area contributed by atoms with Crippen LogP contribution in [0.2, 0.25) is 0 Å². The molecule has 2 atom stereocenters. The maximum absolute atomic E-state index is 3.29. The molecule has 0 saturated carbocycles. The summed E-state index contributed by atoms with van der Waals surface area (Å²) in [5, 5.41) is 0. The van der Waals surface area contributed by atoms with Gasteiger partial charge < -0.3 is 13.8 Å². The van der Waals surface area contributed by atoms with Crippen molar-refractivity contribution in [1.29, 1.82) is 0 Å². The molecule has 0 heterocycles. The summed E-state index contributed by atoms with van der Waals surface area (Å²) in [7, 11) is 1.86. The fraction of sp³-hybridized carbons (Fsp3) is 0.500. The van der Waals surface area contributed by atoms with Crippen molar-refractivity contribution < 1.29 is 19.2 Å². The maximum atomic E-state index is 3.29. The zero-order valence-electron chi connectivity index (χ0n) is 15.9. The van der Waals surface area contributed by atoms with Crippen molar-refractivity contribution in [1.82, 2.24) is 0 Å². The van der Waals surface area contributed by atoms with Gasteiger partial charge in [0.1, 0.15) is 0 Å². The van der Waals surface area contributed by atoms with Gasteiger partial charge in [-0.15, -0.1) is 0 Å². The molecule has 0 fully saturated rings. The van der Waals surface area contributed by atoms with Gasteiger partial charge >= 0.3 is 26.8 Å². The van der Waals surface area contributed by atoms with Crippen LogP contribution in [-0.4, -0.2) is 7.63 Å². The molecule has 0 aliphatic heterocycles. The van der Waals surface area contributed by atoms with Crippen LogP contribution < -0.4 is 0 Å². The molecular weight excluding hydrogens is 316 g/mol. The van der Waals surface area contributed by atoms with Crippen LogP contribution in [0, 0.1) is 37.8 Å². The van der Waals surface area contributed by atoms with E-state index >= 15 is 0 Å². The molecule has 0 saturated heterocycles. The summed E-state index contributed by atoms with van der Waals surface area (Å²) in [6.07, 6.45) is 11.0. The number of rotatable bonds is 0. The van der Waals surface area contributed by atoms with Crippen molar-refractivity contribution in [3.63, 3.8) is 0 Å². The molecule has 0 spiro atoms. The Morgan fingerprint density at radius 3 is 1.05 bits per heavy atom. The van der Waals surface area contributed by atoms with Crippen LogP contribution in [0.5, 0.6) is 0 Å². The van der Waals surface area contributed by atoms with E-state index in [1.807, 2.05) is 26.8 Å². The summed E-state index contributed by atoms with van der Waals surface area (Å²) < 4.78 is 0. The zero-order valence-corrected chi connectivity index (χ0v) is 18.9. The predicted molar refractivity (Wildman–Crippen MR) is 101 cm³/mol. The monoisotopic (exact) mass is 350 g/mol. The molecule has 0 nitrogen and oxygen atoms in total. The van der Waals surface area contributed by atoms with E-state index in [1.54, 1.807) is 13.8 Å². The van der Waals surface area contributed by atoms with Crippen LogP contribution in [0.15, 0.2) is 34.4 Å². The van der Waals surface area contributed by atoms with Crippen LogP contribution in [0.3, 0.4) is 0 Å². The molecule has 2 aliphatic rings. The molecule has 0 aromatic carbocycles. The first-order valence-corrected chi connectivity index (χ1v) is 11.8. The minimum absolute atomic E-state index is 0.565. The van der Waals surface area contributed by atoms with Crippen LogP contribution in [0.4, 0.5) is 0 Å². The van der Waals surface area contributed by atoms with E-state index in [9.17, 15) is 0 Å². The van der Waals surface area contributed by atoms with Gasteiger partial charge in [0.25, 0.3) is 0 Å². The third-order valence-electron chi connectivity index (χ3n) is 3.14. The second-order valence-corrected chi connectivity index (χ2v) is 4.87. The fourth-order valence-corrected chi connectivity index (χ4v) is 1.93. The number of allylic oxidation sites excluding steroid dienone is 8. The van der Waals surface area contributed by atoms with E-state index in [-0.39, 0.29) is 0 Å². The van der Waals surface area contributed by atoms with Crippen molar-refractivity contribution in [3.05, 3.63) is 60.4 Å². The molecule has 2 heteroatoms. The Hall–Kier alpha value is -0.109. The average molecular weight is 350 g/mol. The second-order valence-electron chi connectivity index (χ2n) is 4.87. The van der Waals surface area contributed by atoms with Gasteiger partial charge in [-0.2, -0.15) is 25.0 Å². The Bertz CT molecular complexity index is 362. The third kappa shape index (κ3) is 12.4. The van der Waals surface area contributed by atoms with Crippen LogP contribution in [0.1, 0.15) is 55.4 Å². The molecule has 0 amide bonds.